The average molecular weight is 653 g/mol. The molecule has 0 spiro atoms. The van der Waals surface area contributed by atoms with Crippen LogP contribution in [0.5, 0.6) is 11.5 Å². The standard InChI is InChI=1S/C18H18O6.C9H10O3.C8H9ClO/c1-21-15-10-8-13(9-11-15)12-23-18(20)24-16(17(19)22-2)14-6-4-3-5-7-14;1-12-9(11)8(10)7-5-3-2-4-6-7;1-10-8-4-2-7(6-9)3-5-8/h3-11,16H,12H2,1-2H3;2-6,8,10H,1H3;2-5H,6H2,1H3/t16-;8-;/m00./s1. The lowest BCUT2D eigenvalue weighted by atomic mass is 10.1. The molecule has 0 aromatic heterocycles. The summed E-state index contributed by atoms with van der Waals surface area (Å²) in [6.07, 6.45) is -3.29. The number of hydrogen-bond donors (Lipinski definition) is 1. The number of alkyl halides is 1. The van der Waals surface area contributed by atoms with Crippen LogP contribution in [0, 0.1) is 0 Å². The zero-order valence-corrected chi connectivity index (χ0v) is 26.7. The summed E-state index contributed by atoms with van der Waals surface area (Å²) in [4.78, 5) is 34.5. The third-order valence-corrected chi connectivity index (χ3v) is 6.41. The minimum Gasteiger partial charge on any atom is -0.497 e. The van der Waals surface area contributed by atoms with Crippen molar-refractivity contribution in [2.45, 2.75) is 24.7 Å². The van der Waals surface area contributed by atoms with Gasteiger partial charge in [-0.1, -0.05) is 84.9 Å². The van der Waals surface area contributed by atoms with Crippen LogP contribution in [0.4, 0.5) is 4.79 Å². The molecule has 1 N–H and O–H groups in total. The Bertz CT molecular complexity index is 1420. The summed E-state index contributed by atoms with van der Waals surface area (Å²) in [5.74, 6) is 0.818. The van der Waals surface area contributed by atoms with E-state index in [0.29, 0.717) is 22.8 Å². The molecule has 0 amide bonds. The predicted octanol–water partition coefficient (Wildman–Crippen LogP) is 6.59. The highest BCUT2D eigenvalue weighted by molar-refractivity contribution is 6.17. The zero-order valence-electron chi connectivity index (χ0n) is 26.0. The Kier molecular flexibility index (Phi) is 16.8. The van der Waals surface area contributed by atoms with Gasteiger partial charge in [-0.05, 0) is 41.0 Å². The van der Waals surface area contributed by atoms with Gasteiger partial charge in [0, 0.05) is 11.4 Å². The number of esters is 2. The molecule has 0 bridgehead atoms. The lowest BCUT2D eigenvalue weighted by Gasteiger charge is -2.15. The molecule has 0 saturated heterocycles. The van der Waals surface area contributed by atoms with Crippen LogP contribution in [0.2, 0.25) is 0 Å². The quantitative estimate of drug-likeness (QED) is 0.114. The Balaban J connectivity index is 0.000000277. The van der Waals surface area contributed by atoms with Gasteiger partial charge in [-0.2, -0.15) is 0 Å². The van der Waals surface area contributed by atoms with E-state index < -0.39 is 30.3 Å². The van der Waals surface area contributed by atoms with Crippen molar-refractivity contribution in [3.8, 4) is 11.5 Å². The van der Waals surface area contributed by atoms with Gasteiger partial charge >= 0.3 is 18.1 Å². The molecule has 4 aromatic carbocycles. The topological polar surface area (TPSA) is 127 Å². The maximum Gasteiger partial charge on any atom is 0.509 e. The first-order valence-corrected chi connectivity index (χ1v) is 14.4. The number of aliphatic hydroxyl groups excluding tert-OH is 1. The molecular weight excluding hydrogens is 616 g/mol. The van der Waals surface area contributed by atoms with Crippen LogP contribution in [-0.4, -0.2) is 51.6 Å². The summed E-state index contributed by atoms with van der Waals surface area (Å²) in [6.45, 7) is 0.0194. The molecule has 10 nitrogen and oxygen atoms in total. The molecule has 46 heavy (non-hydrogen) atoms. The fourth-order valence-electron chi connectivity index (χ4n) is 3.58. The number of rotatable bonds is 10. The number of methoxy groups -OCH3 is 4. The molecule has 0 heterocycles. The van der Waals surface area contributed by atoms with E-state index in [1.54, 1.807) is 93.1 Å². The molecule has 0 aliphatic carbocycles. The van der Waals surface area contributed by atoms with Crippen molar-refractivity contribution in [3.63, 3.8) is 0 Å². The van der Waals surface area contributed by atoms with Gasteiger partial charge in [0.15, 0.2) is 6.10 Å². The Morgan fingerprint density at radius 2 is 1.09 bits per heavy atom. The summed E-state index contributed by atoms with van der Waals surface area (Å²) >= 11 is 5.58. The second-order valence-electron chi connectivity index (χ2n) is 9.14. The van der Waals surface area contributed by atoms with Gasteiger partial charge in [0.1, 0.15) is 18.1 Å². The van der Waals surface area contributed by atoms with Gasteiger partial charge < -0.3 is 33.5 Å². The maximum atomic E-state index is 11.9. The number of carbonyl (C=O) groups excluding carboxylic acids is 3. The fourth-order valence-corrected chi connectivity index (χ4v) is 3.76. The Hall–Kier alpha value is -5.06. The predicted molar refractivity (Wildman–Crippen MR) is 171 cm³/mol. The van der Waals surface area contributed by atoms with Gasteiger partial charge in [0.2, 0.25) is 6.10 Å². The van der Waals surface area contributed by atoms with E-state index in [1.807, 2.05) is 30.3 Å². The van der Waals surface area contributed by atoms with Crippen LogP contribution >= 0.6 is 11.6 Å². The van der Waals surface area contributed by atoms with Crippen LogP contribution < -0.4 is 9.47 Å². The van der Waals surface area contributed by atoms with Gasteiger partial charge in [-0.15, -0.1) is 11.6 Å². The van der Waals surface area contributed by atoms with Crippen molar-refractivity contribution in [1.82, 2.24) is 0 Å². The highest BCUT2D eigenvalue weighted by Crippen LogP contribution is 2.20. The van der Waals surface area contributed by atoms with E-state index in [2.05, 4.69) is 9.47 Å². The molecule has 244 valence electrons. The van der Waals surface area contributed by atoms with Gasteiger partial charge in [0.05, 0.1) is 28.4 Å². The number of halogens is 1. The van der Waals surface area contributed by atoms with Crippen LogP contribution in [0.1, 0.15) is 34.5 Å². The van der Waals surface area contributed by atoms with Crippen LogP contribution in [0.15, 0.2) is 109 Å². The van der Waals surface area contributed by atoms with Crippen molar-refractivity contribution < 1.29 is 47.9 Å². The number of hydrogen-bond acceptors (Lipinski definition) is 10. The van der Waals surface area contributed by atoms with Crippen LogP contribution in [0.25, 0.3) is 0 Å². The lowest BCUT2D eigenvalue weighted by Crippen LogP contribution is -2.21. The summed E-state index contributed by atoms with van der Waals surface area (Å²) < 4.78 is 29.2. The van der Waals surface area contributed by atoms with Crippen molar-refractivity contribution in [1.29, 1.82) is 0 Å². The van der Waals surface area contributed by atoms with Crippen molar-refractivity contribution >= 4 is 29.7 Å². The second kappa shape index (κ2) is 20.8. The highest BCUT2D eigenvalue weighted by atomic mass is 35.5. The van der Waals surface area contributed by atoms with E-state index >= 15 is 0 Å². The van der Waals surface area contributed by atoms with Crippen LogP contribution in [-0.2, 0) is 41.0 Å². The Morgan fingerprint density at radius 1 is 0.630 bits per heavy atom. The first kappa shape index (κ1) is 37.1. The maximum absolute atomic E-state index is 11.9. The molecule has 4 aromatic rings. The van der Waals surface area contributed by atoms with Crippen molar-refractivity contribution in [2.75, 3.05) is 28.4 Å². The van der Waals surface area contributed by atoms with Gasteiger partial charge in [-0.25, -0.2) is 14.4 Å². The summed E-state index contributed by atoms with van der Waals surface area (Å²) in [6, 6.07) is 32.0. The van der Waals surface area contributed by atoms with E-state index in [4.69, 9.17) is 30.5 Å². The molecular formula is C35H37ClO10. The first-order valence-electron chi connectivity index (χ1n) is 13.8. The average Bonchev–Trinajstić information content (AvgIpc) is 3.13. The molecule has 0 saturated carbocycles. The molecule has 0 fully saturated rings. The van der Waals surface area contributed by atoms with E-state index in [9.17, 15) is 19.5 Å². The monoisotopic (exact) mass is 652 g/mol. The molecule has 0 aliphatic heterocycles. The fraction of sp³-hybridized carbons (Fsp3) is 0.229. The lowest BCUT2D eigenvalue weighted by molar-refractivity contribution is -0.152. The molecule has 11 heteroatoms. The molecule has 0 radical (unpaired) electrons. The Labute approximate surface area is 273 Å². The molecule has 2 atom stereocenters. The SMILES string of the molecule is COC(=O)[C@@H](O)c1ccccc1.COC(=O)[C@@H](OC(=O)OCc1ccc(OC)cc1)c1ccccc1.COc1ccc(CCl)cc1. The molecule has 0 aliphatic rings. The first-order chi connectivity index (χ1) is 22.3. The number of ether oxygens (including phenoxy) is 6. The summed E-state index contributed by atoms with van der Waals surface area (Å²) in [5, 5.41) is 9.31. The minimum atomic E-state index is -1.17. The number of carbonyl (C=O) groups is 3. The van der Waals surface area contributed by atoms with E-state index in [-0.39, 0.29) is 6.61 Å². The van der Waals surface area contributed by atoms with Gasteiger partial charge in [0.25, 0.3) is 0 Å². The minimum absolute atomic E-state index is 0.0194. The third kappa shape index (κ3) is 12.9. The largest absolute Gasteiger partial charge is 0.509 e. The summed E-state index contributed by atoms with van der Waals surface area (Å²) in [5.41, 5.74) is 2.93. The Morgan fingerprint density at radius 3 is 1.52 bits per heavy atom. The normalized spacial score (nSPS) is 11.1. The molecule has 4 rings (SSSR count). The second-order valence-corrected chi connectivity index (χ2v) is 9.40. The smallest absolute Gasteiger partial charge is 0.497 e. The third-order valence-electron chi connectivity index (χ3n) is 6.10. The number of aliphatic hydroxyl groups is 1. The van der Waals surface area contributed by atoms with E-state index in [1.165, 1.54) is 14.2 Å². The summed E-state index contributed by atoms with van der Waals surface area (Å²) in [7, 11) is 5.69. The van der Waals surface area contributed by atoms with Crippen molar-refractivity contribution in [3.05, 3.63) is 131 Å². The van der Waals surface area contributed by atoms with E-state index in [0.717, 1.165) is 16.9 Å². The number of benzene rings is 4. The van der Waals surface area contributed by atoms with Crippen molar-refractivity contribution in [2.24, 2.45) is 0 Å². The molecule has 0 unspecified atom stereocenters. The van der Waals surface area contributed by atoms with Crippen LogP contribution in [0.3, 0.4) is 0 Å². The van der Waals surface area contributed by atoms with Gasteiger partial charge in [-0.3, -0.25) is 0 Å². The zero-order chi connectivity index (χ0) is 33.7. The highest BCUT2D eigenvalue weighted by Gasteiger charge is 2.26.